The monoisotopic (exact) mass is 432 g/mol. The predicted octanol–water partition coefficient (Wildman–Crippen LogP) is 5.89. The van der Waals surface area contributed by atoms with Crippen LogP contribution in [0.15, 0.2) is 52.8 Å². The van der Waals surface area contributed by atoms with Crippen molar-refractivity contribution in [1.82, 2.24) is 4.98 Å². The molecule has 0 spiro atoms. The molecule has 3 aromatic rings. The lowest BCUT2D eigenvalue weighted by molar-refractivity contribution is -0.385. The van der Waals surface area contributed by atoms with Gasteiger partial charge in [-0.05, 0) is 51.5 Å². The highest BCUT2D eigenvalue weighted by Crippen LogP contribution is 2.31. The second kappa shape index (κ2) is 9.43. The zero-order valence-electron chi connectivity index (χ0n) is 18.7. The number of hydrogen-bond acceptors (Lipinski definition) is 5. The van der Waals surface area contributed by atoms with Crippen LogP contribution in [0, 0.1) is 6.92 Å². The van der Waals surface area contributed by atoms with Crippen LogP contribution in [0.25, 0.3) is 11.3 Å². The largest absolute Gasteiger partial charge is 0.372 e. The first-order chi connectivity index (χ1) is 15.1. The van der Waals surface area contributed by atoms with Gasteiger partial charge >= 0.3 is 0 Å². The lowest BCUT2D eigenvalue weighted by atomic mass is 10.1. The number of aryl methyl sites for hydroxylation is 1. The van der Waals surface area contributed by atoms with Gasteiger partial charge in [-0.3, -0.25) is 0 Å². The van der Waals surface area contributed by atoms with Crippen LogP contribution in [-0.2, 0) is 0 Å². The molecular formula is C25H30N5S+. The van der Waals surface area contributed by atoms with Crippen molar-refractivity contribution in [1.29, 1.82) is 0 Å². The first-order valence-corrected chi connectivity index (χ1v) is 11.8. The molecule has 1 aromatic heterocycles. The highest BCUT2D eigenvalue weighted by Gasteiger charge is 2.20. The minimum atomic E-state index is 0.115. The molecule has 0 fully saturated rings. The van der Waals surface area contributed by atoms with E-state index in [9.17, 15) is 0 Å². The van der Waals surface area contributed by atoms with E-state index in [1.807, 2.05) is 6.34 Å². The lowest BCUT2D eigenvalue weighted by Gasteiger charge is -2.22. The summed E-state index contributed by atoms with van der Waals surface area (Å²) in [5.41, 5.74) is 6.90. The number of nitrogens with one attached hydrogen (secondary N) is 1. The van der Waals surface area contributed by atoms with Crippen LogP contribution in [0.1, 0.15) is 37.9 Å². The Labute approximate surface area is 188 Å². The molecule has 0 bridgehead atoms. The number of anilines is 3. The molecule has 5 nitrogen and oxygen atoms in total. The molecule has 2 heterocycles. The van der Waals surface area contributed by atoms with E-state index >= 15 is 0 Å². The Morgan fingerprint density at radius 2 is 1.84 bits per heavy atom. The normalized spacial score (nSPS) is 15.2. The molecule has 1 unspecified atom stereocenters. The number of hydrogen-bond donors (Lipinski definition) is 1. The molecule has 1 N–H and O–H groups in total. The second-order valence-corrected chi connectivity index (χ2v) is 8.50. The van der Waals surface area contributed by atoms with Crippen molar-refractivity contribution in [3.8, 4) is 11.3 Å². The van der Waals surface area contributed by atoms with Crippen molar-refractivity contribution in [3.63, 3.8) is 0 Å². The third kappa shape index (κ3) is 4.69. The minimum absolute atomic E-state index is 0.115. The van der Waals surface area contributed by atoms with Gasteiger partial charge in [-0.15, -0.1) is 11.3 Å². The molecule has 6 heteroatoms. The van der Waals surface area contributed by atoms with Gasteiger partial charge in [0.25, 0.3) is 6.34 Å². The summed E-state index contributed by atoms with van der Waals surface area (Å²) in [5, 5.41) is 6.51. The number of benzene rings is 2. The average Bonchev–Trinajstić information content (AvgIpc) is 3.46. The van der Waals surface area contributed by atoms with Crippen molar-refractivity contribution in [2.45, 2.75) is 33.7 Å². The zero-order chi connectivity index (χ0) is 21.8. The van der Waals surface area contributed by atoms with Gasteiger partial charge in [-0.2, -0.15) is 0 Å². The number of rotatable bonds is 8. The van der Waals surface area contributed by atoms with Crippen molar-refractivity contribution in [2.75, 3.05) is 29.9 Å². The Hall–Kier alpha value is -2.99. The summed E-state index contributed by atoms with van der Waals surface area (Å²) in [6.07, 6.45) is 4.07. The topological polar surface area (TPSA) is 43.5 Å². The van der Waals surface area contributed by atoms with Crippen LogP contribution >= 0.6 is 11.3 Å². The van der Waals surface area contributed by atoms with Gasteiger partial charge in [0.15, 0.2) is 5.13 Å². The van der Waals surface area contributed by atoms with Crippen LogP contribution in [-0.4, -0.2) is 41.7 Å². The maximum atomic E-state index is 4.81. The maximum absolute atomic E-state index is 4.81. The molecule has 2 aromatic carbocycles. The number of aromatic nitrogens is 1. The summed E-state index contributed by atoms with van der Waals surface area (Å²) in [6.45, 7) is 11.6. The molecule has 1 atom stereocenters. The maximum Gasteiger partial charge on any atom is 0.281 e. The summed E-state index contributed by atoms with van der Waals surface area (Å²) >= 11 is 1.63. The molecule has 0 aliphatic carbocycles. The van der Waals surface area contributed by atoms with E-state index in [4.69, 9.17) is 4.98 Å². The quantitative estimate of drug-likeness (QED) is 0.451. The summed E-state index contributed by atoms with van der Waals surface area (Å²) in [7, 11) is 0. The van der Waals surface area contributed by atoms with Gasteiger partial charge in [-0.1, -0.05) is 29.3 Å². The Morgan fingerprint density at radius 1 is 1.06 bits per heavy atom. The number of aliphatic imine (C=N–C) groups is 1. The molecule has 0 saturated heterocycles. The first-order valence-electron chi connectivity index (χ1n) is 10.9. The summed E-state index contributed by atoms with van der Waals surface area (Å²) in [5.74, 6) is 0. The smallest absolute Gasteiger partial charge is 0.281 e. The Morgan fingerprint density at radius 3 is 2.48 bits per heavy atom. The van der Waals surface area contributed by atoms with Gasteiger partial charge in [0.2, 0.25) is 6.04 Å². The molecule has 0 radical (unpaired) electrons. The molecule has 4 rings (SSSR count). The Kier molecular flexibility index (Phi) is 6.47. The summed E-state index contributed by atoms with van der Waals surface area (Å²) in [6, 6.07) is 15.3. The average molecular weight is 433 g/mol. The van der Waals surface area contributed by atoms with E-state index < -0.39 is 0 Å². The molecule has 160 valence electrons. The number of nitrogens with zero attached hydrogens (tertiary/aromatic N) is 4. The van der Waals surface area contributed by atoms with Crippen LogP contribution in [0.2, 0.25) is 0 Å². The minimum Gasteiger partial charge on any atom is -0.372 e. The molecule has 31 heavy (non-hydrogen) atoms. The molecule has 0 saturated carbocycles. The van der Waals surface area contributed by atoms with Crippen LogP contribution in [0.5, 0.6) is 0 Å². The Balaban J connectivity index is 1.46. The zero-order valence-corrected chi connectivity index (χ0v) is 19.5. The highest BCUT2D eigenvalue weighted by atomic mass is 32.1. The van der Waals surface area contributed by atoms with E-state index in [1.54, 1.807) is 11.3 Å². The third-order valence-corrected chi connectivity index (χ3v) is 6.46. The van der Waals surface area contributed by atoms with E-state index in [1.165, 1.54) is 16.8 Å². The van der Waals surface area contributed by atoms with Gasteiger partial charge in [0.1, 0.15) is 6.21 Å². The van der Waals surface area contributed by atoms with Crippen molar-refractivity contribution < 1.29 is 4.58 Å². The fourth-order valence-electron chi connectivity index (χ4n) is 3.78. The fraction of sp³-hybridized carbons (Fsp3) is 0.320. The van der Waals surface area contributed by atoms with Crippen LogP contribution in [0.3, 0.4) is 0 Å². The van der Waals surface area contributed by atoms with Gasteiger partial charge in [0, 0.05) is 41.0 Å². The van der Waals surface area contributed by atoms with Crippen LogP contribution < -0.4 is 10.2 Å². The van der Waals surface area contributed by atoms with E-state index in [0.29, 0.717) is 0 Å². The summed E-state index contributed by atoms with van der Waals surface area (Å²) in [4.78, 5) is 11.7. The first kappa shape index (κ1) is 21.2. The molecular weight excluding hydrogens is 402 g/mol. The highest BCUT2D eigenvalue weighted by molar-refractivity contribution is 7.14. The third-order valence-electron chi connectivity index (χ3n) is 5.71. The van der Waals surface area contributed by atoms with E-state index in [2.05, 4.69) is 102 Å². The van der Waals surface area contributed by atoms with Crippen molar-refractivity contribution in [3.05, 3.63) is 59.0 Å². The predicted molar refractivity (Wildman–Crippen MR) is 134 cm³/mol. The second-order valence-electron chi connectivity index (χ2n) is 7.65. The van der Waals surface area contributed by atoms with Gasteiger partial charge in [-0.25, -0.2) is 9.56 Å². The fourth-order valence-corrected chi connectivity index (χ4v) is 4.51. The SMILES string of the molecule is CCN(CC)c1ccc(Nc2nc(-c3ccc(C4C=[N+](CC)C=N4)cc3)cs2)c(C)c1. The summed E-state index contributed by atoms with van der Waals surface area (Å²) < 4.78 is 2.12. The van der Waals surface area contributed by atoms with E-state index in [-0.39, 0.29) is 6.04 Å². The van der Waals surface area contributed by atoms with Crippen molar-refractivity contribution >= 4 is 40.4 Å². The Bertz CT molecular complexity index is 1090. The van der Waals surface area contributed by atoms with Crippen LogP contribution in [0.4, 0.5) is 16.5 Å². The van der Waals surface area contributed by atoms with Gasteiger partial charge in [0.05, 0.1) is 12.2 Å². The van der Waals surface area contributed by atoms with E-state index in [0.717, 1.165) is 41.7 Å². The van der Waals surface area contributed by atoms with Gasteiger partial charge < -0.3 is 10.2 Å². The lowest BCUT2D eigenvalue weighted by Crippen LogP contribution is -2.21. The molecule has 1 aliphatic rings. The van der Waals surface area contributed by atoms with Crippen molar-refractivity contribution in [2.24, 2.45) is 4.99 Å². The number of thiazole rings is 1. The molecule has 0 amide bonds. The standard InChI is InChI=1S/C25H30N5S/c1-5-29-15-23(26-17-29)19-8-10-20(11-9-19)24-16-31-25(28-24)27-22-13-12-21(14-18(22)4)30(6-2)7-3/h8-17,23H,5-7H2,1-4H3,(H,27,28)/q+1. The molecule has 1 aliphatic heterocycles.